The summed E-state index contributed by atoms with van der Waals surface area (Å²) < 4.78 is 5.11. The summed E-state index contributed by atoms with van der Waals surface area (Å²) in [7, 11) is 1.74. The maximum Gasteiger partial charge on any atom is 0.0670 e. The fraction of sp³-hybridized carbons (Fsp3) is 0.375. The van der Waals surface area contributed by atoms with Crippen molar-refractivity contribution in [3.63, 3.8) is 0 Å². The van der Waals surface area contributed by atoms with Gasteiger partial charge in [0.1, 0.15) is 0 Å². The average molecular weight is 275 g/mol. The van der Waals surface area contributed by atoms with Gasteiger partial charge in [0, 0.05) is 12.0 Å². The molecule has 0 fully saturated rings. The van der Waals surface area contributed by atoms with Crippen LogP contribution in [0.4, 0.5) is 0 Å². The summed E-state index contributed by atoms with van der Waals surface area (Å²) in [5, 5.41) is 5.68. The van der Waals surface area contributed by atoms with Gasteiger partial charge in [-0.1, -0.05) is 37.3 Å². The van der Waals surface area contributed by atoms with Gasteiger partial charge in [-0.2, -0.15) is 0 Å². The number of methoxy groups -OCH3 is 1. The molecule has 0 aliphatic heterocycles. The number of ether oxygens (including phenoxy) is 1. The summed E-state index contributed by atoms with van der Waals surface area (Å²) >= 11 is 1.80. The third-order valence-corrected chi connectivity index (χ3v) is 4.08. The Hall–Kier alpha value is -1.16. The highest BCUT2D eigenvalue weighted by molar-refractivity contribution is 7.10. The molecule has 0 saturated carbocycles. The van der Waals surface area contributed by atoms with Crippen LogP contribution >= 0.6 is 11.3 Å². The minimum absolute atomic E-state index is 0.307. The average Bonchev–Trinajstić information content (AvgIpc) is 2.97. The Morgan fingerprint density at radius 3 is 2.58 bits per heavy atom. The molecule has 0 spiro atoms. The molecule has 1 aromatic heterocycles. The molecule has 19 heavy (non-hydrogen) atoms. The van der Waals surface area contributed by atoms with Gasteiger partial charge >= 0.3 is 0 Å². The third kappa shape index (κ3) is 3.90. The van der Waals surface area contributed by atoms with Crippen LogP contribution in [0, 0.1) is 0 Å². The van der Waals surface area contributed by atoms with Crippen molar-refractivity contribution >= 4 is 11.3 Å². The van der Waals surface area contributed by atoms with Gasteiger partial charge in [-0.05, 0) is 35.5 Å². The van der Waals surface area contributed by atoms with Crippen LogP contribution in [0.2, 0.25) is 0 Å². The van der Waals surface area contributed by atoms with E-state index >= 15 is 0 Å². The number of hydrogen-bond acceptors (Lipinski definition) is 3. The van der Waals surface area contributed by atoms with Crippen LogP contribution in [-0.2, 0) is 11.2 Å². The Kier molecular flexibility index (Phi) is 5.58. The Bertz CT molecular complexity index is 464. The van der Waals surface area contributed by atoms with Crippen LogP contribution < -0.4 is 5.32 Å². The normalized spacial score (nSPS) is 12.5. The first-order chi connectivity index (χ1) is 9.35. The lowest BCUT2D eigenvalue weighted by Crippen LogP contribution is -2.21. The van der Waals surface area contributed by atoms with E-state index in [0.29, 0.717) is 6.04 Å². The number of hydrogen-bond donors (Lipinski definition) is 1. The van der Waals surface area contributed by atoms with Crippen LogP contribution in [0.15, 0.2) is 41.8 Å². The molecule has 0 saturated heterocycles. The highest BCUT2D eigenvalue weighted by Crippen LogP contribution is 2.26. The predicted octanol–water partition coefficient (Wildman–Crippen LogP) is 3.64. The fourth-order valence-corrected chi connectivity index (χ4v) is 2.97. The molecule has 2 nitrogen and oxygen atoms in total. The maximum atomic E-state index is 5.11. The Balaban J connectivity index is 2.13. The van der Waals surface area contributed by atoms with E-state index in [4.69, 9.17) is 4.74 Å². The molecular formula is C16H21NOS. The fourth-order valence-electron chi connectivity index (χ4n) is 2.14. The number of thiophene rings is 1. The van der Waals surface area contributed by atoms with Gasteiger partial charge in [0.15, 0.2) is 0 Å². The zero-order chi connectivity index (χ0) is 13.5. The molecule has 0 aliphatic rings. The molecule has 102 valence electrons. The van der Waals surface area contributed by atoms with E-state index in [2.05, 4.69) is 54.0 Å². The number of nitrogens with one attached hydrogen (secondary N) is 1. The summed E-state index contributed by atoms with van der Waals surface area (Å²) in [4.78, 5) is 1.37. The summed E-state index contributed by atoms with van der Waals surface area (Å²) in [5.74, 6) is 0. The SMILES string of the molecule is CCNC(c1ccc(CCOC)cc1)c1cccs1. The maximum absolute atomic E-state index is 5.11. The zero-order valence-corrected chi connectivity index (χ0v) is 12.4. The smallest absolute Gasteiger partial charge is 0.0670 e. The molecule has 1 unspecified atom stereocenters. The van der Waals surface area contributed by atoms with E-state index in [0.717, 1.165) is 19.6 Å². The molecule has 0 radical (unpaired) electrons. The second-order valence-corrected chi connectivity index (χ2v) is 5.47. The van der Waals surface area contributed by atoms with Gasteiger partial charge in [-0.25, -0.2) is 0 Å². The molecule has 2 rings (SSSR count). The van der Waals surface area contributed by atoms with E-state index in [1.54, 1.807) is 18.4 Å². The highest BCUT2D eigenvalue weighted by atomic mass is 32.1. The van der Waals surface area contributed by atoms with Gasteiger partial charge in [-0.15, -0.1) is 11.3 Å². The molecule has 1 atom stereocenters. The summed E-state index contributed by atoms with van der Waals surface area (Å²) in [6.07, 6.45) is 0.974. The van der Waals surface area contributed by atoms with Crippen molar-refractivity contribution in [2.75, 3.05) is 20.3 Å². The van der Waals surface area contributed by atoms with Crippen molar-refractivity contribution in [1.82, 2.24) is 5.32 Å². The molecule has 0 aliphatic carbocycles. The van der Waals surface area contributed by atoms with E-state index in [9.17, 15) is 0 Å². The minimum Gasteiger partial charge on any atom is -0.384 e. The largest absolute Gasteiger partial charge is 0.384 e. The Morgan fingerprint density at radius 2 is 2.00 bits per heavy atom. The lowest BCUT2D eigenvalue weighted by molar-refractivity contribution is 0.202. The summed E-state index contributed by atoms with van der Waals surface area (Å²) in [6, 6.07) is 13.4. The van der Waals surface area contributed by atoms with E-state index in [1.807, 2.05) is 0 Å². The van der Waals surface area contributed by atoms with Crippen LogP contribution in [0.5, 0.6) is 0 Å². The Morgan fingerprint density at radius 1 is 1.21 bits per heavy atom. The molecule has 3 heteroatoms. The van der Waals surface area contributed by atoms with Crippen molar-refractivity contribution in [2.24, 2.45) is 0 Å². The van der Waals surface area contributed by atoms with E-state index in [1.165, 1.54) is 16.0 Å². The quantitative estimate of drug-likeness (QED) is 0.833. The van der Waals surface area contributed by atoms with Crippen molar-refractivity contribution in [1.29, 1.82) is 0 Å². The van der Waals surface area contributed by atoms with Crippen molar-refractivity contribution < 1.29 is 4.74 Å². The van der Waals surface area contributed by atoms with Crippen LogP contribution in [0.25, 0.3) is 0 Å². The van der Waals surface area contributed by atoms with Gasteiger partial charge in [0.2, 0.25) is 0 Å². The zero-order valence-electron chi connectivity index (χ0n) is 11.6. The molecule has 1 aromatic carbocycles. The summed E-state index contributed by atoms with van der Waals surface area (Å²) in [5.41, 5.74) is 2.65. The van der Waals surface area contributed by atoms with Gasteiger partial charge in [0.05, 0.1) is 12.6 Å². The van der Waals surface area contributed by atoms with Crippen molar-refractivity contribution in [3.05, 3.63) is 57.8 Å². The minimum atomic E-state index is 0.307. The van der Waals surface area contributed by atoms with Crippen molar-refractivity contribution in [2.45, 2.75) is 19.4 Å². The van der Waals surface area contributed by atoms with Crippen molar-refractivity contribution in [3.8, 4) is 0 Å². The lowest BCUT2D eigenvalue weighted by atomic mass is 10.0. The molecule has 0 amide bonds. The second kappa shape index (κ2) is 7.43. The van der Waals surface area contributed by atoms with Gasteiger partial charge in [0.25, 0.3) is 0 Å². The number of benzene rings is 1. The topological polar surface area (TPSA) is 21.3 Å². The third-order valence-electron chi connectivity index (χ3n) is 3.14. The predicted molar refractivity (Wildman–Crippen MR) is 81.9 cm³/mol. The molecular weight excluding hydrogens is 254 g/mol. The van der Waals surface area contributed by atoms with E-state index in [-0.39, 0.29) is 0 Å². The second-order valence-electron chi connectivity index (χ2n) is 4.49. The van der Waals surface area contributed by atoms with Gasteiger partial charge in [-0.3, -0.25) is 0 Å². The van der Waals surface area contributed by atoms with E-state index < -0.39 is 0 Å². The monoisotopic (exact) mass is 275 g/mol. The summed E-state index contributed by atoms with van der Waals surface area (Å²) in [6.45, 7) is 3.89. The molecule has 0 bridgehead atoms. The van der Waals surface area contributed by atoms with Crippen LogP contribution in [0.1, 0.15) is 29.0 Å². The first kappa shape index (κ1) is 14.3. The molecule has 2 aromatic rings. The highest BCUT2D eigenvalue weighted by Gasteiger charge is 2.13. The first-order valence-corrected chi connectivity index (χ1v) is 7.57. The standard InChI is InChI=1S/C16H21NOS/c1-3-17-16(15-5-4-12-19-15)14-8-6-13(7-9-14)10-11-18-2/h4-9,12,16-17H,3,10-11H2,1-2H3. The Labute approximate surface area is 119 Å². The van der Waals surface area contributed by atoms with Crippen LogP contribution in [-0.4, -0.2) is 20.3 Å². The molecule has 1 heterocycles. The molecule has 1 N–H and O–H groups in total. The number of rotatable bonds is 7. The van der Waals surface area contributed by atoms with Crippen LogP contribution in [0.3, 0.4) is 0 Å². The first-order valence-electron chi connectivity index (χ1n) is 6.69. The lowest BCUT2D eigenvalue weighted by Gasteiger charge is -2.17. The van der Waals surface area contributed by atoms with Gasteiger partial charge < -0.3 is 10.1 Å².